The van der Waals surface area contributed by atoms with Crippen LogP contribution in [0.15, 0.2) is 53.4 Å². The summed E-state index contributed by atoms with van der Waals surface area (Å²) in [7, 11) is -3.74. The fourth-order valence-electron chi connectivity index (χ4n) is 5.07. The number of nitro benzene ring substituents is 1. The Balaban J connectivity index is 1.33. The van der Waals surface area contributed by atoms with Gasteiger partial charge in [0.25, 0.3) is 5.69 Å². The quantitative estimate of drug-likeness (QED) is 0.385. The zero-order chi connectivity index (χ0) is 25.1. The summed E-state index contributed by atoms with van der Waals surface area (Å²) in [5.41, 5.74) is 1.17. The number of para-hydroxylation sites is 1. The molecule has 2 heterocycles. The summed E-state index contributed by atoms with van der Waals surface area (Å²) in [6, 6.07) is 13.6. The molecule has 2 fully saturated rings. The molecule has 9 heteroatoms. The summed E-state index contributed by atoms with van der Waals surface area (Å²) in [6.45, 7) is 8.73. The molecular formula is C26H35N3O5S. The van der Waals surface area contributed by atoms with Crippen molar-refractivity contribution in [2.75, 3.05) is 32.8 Å². The van der Waals surface area contributed by atoms with Gasteiger partial charge < -0.3 is 4.74 Å². The first-order valence-corrected chi connectivity index (χ1v) is 13.8. The van der Waals surface area contributed by atoms with E-state index in [-0.39, 0.29) is 16.0 Å². The average Bonchev–Trinajstić information content (AvgIpc) is 2.85. The van der Waals surface area contributed by atoms with E-state index in [4.69, 9.17) is 4.74 Å². The van der Waals surface area contributed by atoms with Crippen LogP contribution < -0.4 is 4.74 Å². The van der Waals surface area contributed by atoms with E-state index >= 15 is 0 Å². The number of non-ortho nitro benzene ring substituents is 1. The third-order valence-corrected chi connectivity index (χ3v) is 9.20. The number of rotatable bonds is 8. The van der Waals surface area contributed by atoms with Crippen LogP contribution in [0.3, 0.4) is 0 Å². The second-order valence-electron chi connectivity index (χ2n) is 10.2. The highest BCUT2D eigenvalue weighted by Crippen LogP contribution is 2.42. The summed E-state index contributed by atoms with van der Waals surface area (Å²) >= 11 is 0. The predicted octanol–water partition coefficient (Wildman–Crippen LogP) is 4.70. The fourth-order valence-corrected chi connectivity index (χ4v) is 6.55. The molecule has 2 aliphatic rings. The first-order chi connectivity index (χ1) is 16.7. The lowest BCUT2D eigenvalue weighted by Gasteiger charge is -2.46. The van der Waals surface area contributed by atoms with E-state index in [1.807, 2.05) is 12.1 Å². The molecule has 0 N–H and O–H groups in total. The molecule has 0 radical (unpaired) electrons. The van der Waals surface area contributed by atoms with Gasteiger partial charge in [-0.15, -0.1) is 0 Å². The van der Waals surface area contributed by atoms with Crippen LogP contribution in [-0.2, 0) is 16.6 Å². The number of nitrogens with zero attached hydrogens (tertiary/aromatic N) is 3. The number of hydrogen-bond donors (Lipinski definition) is 0. The molecule has 2 aromatic rings. The summed E-state index contributed by atoms with van der Waals surface area (Å²) in [4.78, 5) is 13.0. The van der Waals surface area contributed by atoms with E-state index in [1.54, 1.807) is 0 Å². The summed E-state index contributed by atoms with van der Waals surface area (Å²) in [5, 5.41) is 11.1. The summed E-state index contributed by atoms with van der Waals surface area (Å²) in [5.74, 6) is 1.44. The van der Waals surface area contributed by atoms with Crippen LogP contribution in [0.4, 0.5) is 5.69 Å². The van der Waals surface area contributed by atoms with Gasteiger partial charge in [0.2, 0.25) is 10.0 Å². The van der Waals surface area contributed by atoms with Crippen molar-refractivity contribution in [3.8, 4) is 5.75 Å². The standard InChI is InChI=1S/C26H35N3O5S/c1-21(2)20-34-25-9-4-3-6-22(25)19-27-14-10-26(11-15-27)12-16-28(17-13-26)35(32,33)24-8-5-7-23(18-24)29(30)31/h3-9,18,21H,10-17,19-20H2,1-2H3. The highest BCUT2D eigenvalue weighted by Gasteiger charge is 2.40. The Morgan fingerprint density at radius 3 is 2.31 bits per heavy atom. The van der Waals surface area contributed by atoms with Gasteiger partial charge in [-0.25, -0.2) is 8.42 Å². The molecular weight excluding hydrogens is 466 g/mol. The van der Waals surface area contributed by atoms with Crippen molar-refractivity contribution < 1.29 is 18.1 Å². The molecule has 0 aliphatic carbocycles. The number of nitro groups is 1. The molecule has 0 atom stereocenters. The summed E-state index contributed by atoms with van der Waals surface area (Å²) < 4.78 is 33.7. The molecule has 35 heavy (non-hydrogen) atoms. The molecule has 4 rings (SSSR count). The maximum absolute atomic E-state index is 13.1. The minimum Gasteiger partial charge on any atom is -0.493 e. The molecule has 1 spiro atoms. The predicted molar refractivity (Wildman–Crippen MR) is 135 cm³/mol. The van der Waals surface area contributed by atoms with Gasteiger partial charge >= 0.3 is 0 Å². The Bertz CT molecular complexity index is 1130. The number of hydrogen-bond acceptors (Lipinski definition) is 6. The van der Waals surface area contributed by atoms with Gasteiger partial charge in [-0.2, -0.15) is 4.31 Å². The van der Waals surface area contributed by atoms with Crippen molar-refractivity contribution in [1.82, 2.24) is 9.21 Å². The largest absolute Gasteiger partial charge is 0.493 e. The average molecular weight is 502 g/mol. The molecule has 0 saturated carbocycles. The van der Waals surface area contributed by atoms with Crippen LogP contribution in [0.1, 0.15) is 45.1 Å². The van der Waals surface area contributed by atoms with Crippen LogP contribution in [0.25, 0.3) is 0 Å². The lowest BCUT2D eigenvalue weighted by molar-refractivity contribution is -0.385. The first-order valence-electron chi connectivity index (χ1n) is 12.4. The van der Waals surface area contributed by atoms with E-state index in [2.05, 4.69) is 30.9 Å². The van der Waals surface area contributed by atoms with E-state index in [0.29, 0.717) is 25.6 Å². The van der Waals surface area contributed by atoms with E-state index in [9.17, 15) is 18.5 Å². The maximum atomic E-state index is 13.1. The maximum Gasteiger partial charge on any atom is 0.270 e. The molecule has 2 saturated heterocycles. The minimum absolute atomic E-state index is 0.00387. The van der Waals surface area contributed by atoms with Crippen LogP contribution in [0, 0.1) is 21.4 Å². The lowest BCUT2D eigenvalue weighted by atomic mass is 9.71. The zero-order valence-corrected chi connectivity index (χ0v) is 21.4. The SMILES string of the molecule is CC(C)COc1ccccc1CN1CCC2(CC1)CCN(S(=O)(=O)c1cccc([N+](=O)[O-])c1)CC2. The second-order valence-corrected chi connectivity index (χ2v) is 12.2. The summed E-state index contributed by atoms with van der Waals surface area (Å²) in [6.07, 6.45) is 3.74. The monoisotopic (exact) mass is 501 g/mol. The smallest absolute Gasteiger partial charge is 0.270 e. The third-order valence-electron chi connectivity index (χ3n) is 7.30. The van der Waals surface area contributed by atoms with Crippen molar-refractivity contribution in [3.05, 3.63) is 64.2 Å². The van der Waals surface area contributed by atoms with Gasteiger partial charge in [-0.3, -0.25) is 15.0 Å². The molecule has 2 aromatic carbocycles. The van der Waals surface area contributed by atoms with Crippen LogP contribution in [-0.4, -0.2) is 55.3 Å². The van der Waals surface area contributed by atoms with Crippen molar-refractivity contribution >= 4 is 15.7 Å². The van der Waals surface area contributed by atoms with Crippen molar-refractivity contribution in [2.45, 2.75) is 51.0 Å². The van der Waals surface area contributed by atoms with Gasteiger partial charge in [0.05, 0.1) is 16.4 Å². The van der Waals surface area contributed by atoms with E-state index in [1.165, 1.54) is 28.1 Å². The van der Waals surface area contributed by atoms with Gasteiger partial charge in [-0.1, -0.05) is 38.1 Å². The number of ether oxygens (including phenoxy) is 1. The Labute approximate surface area is 208 Å². The van der Waals surface area contributed by atoms with Crippen molar-refractivity contribution in [3.63, 3.8) is 0 Å². The third kappa shape index (κ3) is 6.02. The second kappa shape index (κ2) is 10.6. The highest BCUT2D eigenvalue weighted by atomic mass is 32.2. The minimum atomic E-state index is -3.74. The number of sulfonamides is 1. The van der Waals surface area contributed by atoms with Crippen LogP contribution >= 0.6 is 0 Å². The Kier molecular flexibility index (Phi) is 7.78. The molecule has 0 amide bonds. The normalized spacial score (nSPS) is 19.2. The topological polar surface area (TPSA) is 93.0 Å². The molecule has 0 aromatic heterocycles. The van der Waals surface area contributed by atoms with Gasteiger partial charge in [-0.05, 0) is 62.2 Å². The molecule has 190 valence electrons. The number of likely N-dealkylation sites (tertiary alicyclic amines) is 1. The van der Waals surface area contributed by atoms with Crippen LogP contribution in [0.5, 0.6) is 5.75 Å². The Morgan fingerprint density at radius 2 is 1.66 bits per heavy atom. The van der Waals surface area contributed by atoms with Gasteiger partial charge in [0.15, 0.2) is 0 Å². The van der Waals surface area contributed by atoms with Crippen molar-refractivity contribution in [2.24, 2.45) is 11.3 Å². The van der Waals surface area contributed by atoms with Gasteiger partial charge in [0, 0.05) is 37.3 Å². The molecule has 0 unspecified atom stereocenters. The van der Waals surface area contributed by atoms with E-state index < -0.39 is 14.9 Å². The first kappa shape index (κ1) is 25.6. The lowest BCUT2D eigenvalue weighted by Crippen LogP contribution is -2.48. The zero-order valence-electron chi connectivity index (χ0n) is 20.6. The van der Waals surface area contributed by atoms with E-state index in [0.717, 1.165) is 57.1 Å². The molecule has 8 nitrogen and oxygen atoms in total. The Hall–Kier alpha value is -2.49. The van der Waals surface area contributed by atoms with Gasteiger partial charge in [0.1, 0.15) is 5.75 Å². The molecule has 2 aliphatic heterocycles. The highest BCUT2D eigenvalue weighted by molar-refractivity contribution is 7.89. The molecule has 0 bridgehead atoms. The Morgan fingerprint density at radius 1 is 1.00 bits per heavy atom. The van der Waals surface area contributed by atoms with Crippen LogP contribution in [0.2, 0.25) is 0 Å². The number of benzene rings is 2. The van der Waals surface area contributed by atoms with Crippen molar-refractivity contribution in [1.29, 1.82) is 0 Å². The fraction of sp³-hybridized carbons (Fsp3) is 0.538. The number of piperidine rings is 2.